The average Bonchev–Trinajstić information content (AvgIpc) is 2.91. The fourth-order valence-electron chi connectivity index (χ4n) is 2.97. The summed E-state index contributed by atoms with van der Waals surface area (Å²) < 4.78 is 1.93. The minimum atomic E-state index is 0.460. The van der Waals surface area contributed by atoms with Gasteiger partial charge in [0, 0.05) is 18.4 Å². The van der Waals surface area contributed by atoms with Crippen molar-refractivity contribution in [3.05, 3.63) is 18.6 Å². The number of hydrazine groups is 1. The fourth-order valence-corrected chi connectivity index (χ4v) is 2.97. The van der Waals surface area contributed by atoms with Crippen LogP contribution in [0.4, 0.5) is 11.6 Å². The molecule has 6 nitrogen and oxygen atoms in total. The predicted molar refractivity (Wildman–Crippen MR) is 80.4 cm³/mol. The Labute approximate surface area is 118 Å². The standard InChI is InChI=1S/C14H22N6/c1-9-3-4-11(7-10(9)2)17-13-14-16-5-6-20(14)8-12(18-13)19-15/h5-6,8-11,19H,3-4,7,15H2,1-2H3,(H,17,18). The quantitative estimate of drug-likeness (QED) is 0.591. The van der Waals surface area contributed by atoms with Gasteiger partial charge in [-0.05, 0) is 31.1 Å². The van der Waals surface area contributed by atoms with E-state index in [1.807, 2.05) is 16.8 Å². The van der Waals surface area contributed by atoms with Crippen molar-refractivity contribution in [3.8, 4) is 0 Å². The molecule has 3 unspecified atom stereocenters. The normalized spacial score (nSPS) is 26.6. The number of hydrogen-bond donors (Lipinski definition) is 3. The van der Waals surface area contributed by atoms with Crippen LogP contribution in [-0.2, 0) is 0 Å². The molecule has 1 fully saturated rings. The minimum Gasteiger partial charge on any atom is -0.364 e. The topological polar surface area (TPSA) is 80.3 Å². The van der Waals surface area contributed by atoms with Crippen LogP contribution in [0, 0.1) is 11.8 Å². The minimum absolute atomic E-state index is 0.460. The van der Waals surface area contributed by atoms with Gasteiger partial charge < -0.3 is 15.1 Å². The molecule has 0 radical (unpaired) electrons. The molecule has 4 N–H and O–H groups in total. The second-order valence-corrected chi connectivity index (χ2v) is 5.89. The summed E-state index contributed by atoms with van der Waals surface area (Å²) in [5.74, 6) is 8.47. The molecule has 1 aliphatic carbocycles. The molecule has 20 heavy (non-hydrogen) atoms. The number of imidazole rings is 1. The molecule has 0 bridgehead atoms. The molecule has 0 aliphatic heterocycles. The van der Waals surface area contributed by atoms with Crippen LogP contribution in [0.15, 0.2) is 18.6 Å². The van der Waals surface area contributed by atoms with E-state index in [1.165, 1.54) is 19.3 Å². The number of fused-ring (bicyclic) bond motifs is 1. The van der Waals surface area contributed by atoms with Crippen molar-refractivity contribution < 1.29 is 0 Å². The van der Waals surface area contributed by atoms with Crippen molar-refractivity contribution in [2.75, 3.05) is 10.7 Å². The molecule has 2 aromatic rings. The lowest BCUT2D eigenvalue weighted by atomic mass is 9.79. The molecule has 2 aromatic heterocycles. The Bertz CT molecular complexity index is 592. The summed E-state index contributed by atoms with van der Waals surface area (Å²) in [5, 5.41) is 3.55. The van der Waals surface area contributed by atoms with Gasteiger partial charge in [-0.25, -0.2) is 15.8 Å². The van der Waals surface area contributed by atoms with Gasteiger partial charge in [0.25, 0.3) is 0 Å². The first-order valence-electron chi connectivity index (χ1n) is 7.24. The van der Waals surface area contributed by atoms with E-state index < -0.39 is 0 Å². The summed E-state index contributed by atoms with van der Waals surface area (Å²) in [4.78, 5) is 8.86. The van der Waals surface area contributed by atoms with Gasteiger partial charge in [-0.3, -0.25) is 0 Å². The zero-order valence-corrected chi connectivity index (χ0v) is 12.0. The Morgan fingerprint density at radius 2 is 2.15 bits per heavy atom. The lowest BCUT2D eigenvalue weighted by Crippen LogP contribution is -2.31. The summed E-state index contributed by atoms with van der Waals surface area (Å²) >= 11 is 0. The summed E-state index contributed by atoms with van der Waals surface area (Å²) in [5.41, 5.74) is 3.45. The number of anilines is 2. The number of nitrogen functional groups attached to an aromatic ring is 1. The van der Waals surface area contributed by atoms with Gasteiger partial charge in [0.1, 0.15) is 0 Å². The number of rotatable bonds is 3. The van der Waals surface area contributed by atoms with E-state index in [-0.39, 0.29) is 0 Å². The summed E-state index contributed by atoms with van der Waals surface area (Å²) in [6.45, 7) is 4.67. The number of nitrogens with zero attached hydrogens (tertiary/aromatic N) is 3. The molecule has 3 atom stereocenters. The van der Waals surface area contributed by atoms with Crippen LogP contribution < -0.4 is 16.6 Å². The van der Waals surface area contributed by atoms with Crippen LogP contribution >= 0.6 is 0 Å². The molecular weight excluding hydrogens is 252 g/mol. The SMILES string of the molecule is CC1CCC(Nc2nc(NN)cn3ccnc23)CC1C. The third-order valence-corrected chi connectivity index (χ3v) is 4.46. The molecule has 3 rings (SSSR count). The first-order valence-corrected chi connectivity index (χ1v) is 7.24. The van der Waals surface area contributed by atoms with Crippen LogP contribution in [0.1, 0.15) is 33.1 Å². The number of nitrogens with one attached hydrogen (secondary N) is 2. The van der Waals surface area contributed by atoms with Gasteiger partial charge >= 0.3 is 0 Å². The first kappa shape index (κ1) is 13.2. The van der Waals surface area contributed by atoms with Crippen molar-refractivity contribution in [1.29, 1.82) is 0 Å². The highest BCUT2D eigenvalue weighted by Crippen LogP contribution is 2.31. The molecule has 108 valence electrons. The first-order chi connectivity index (χ1) is 9.67. The molecule has 0 aromatic carbocycles. The Balaban J connectivity index is 1.85. The van der Waals surface area contributed by atoms with E-state index in [1.54, 1.807) is 6.20 Å². The second-order valence-electron chi connectivity index (χ2n) is 5.89. The Kier molecular flexibility index (Phi) is 3.48. The molecule has 1 saturated carbocycles. The van der Waals surface area contributed by atoms with Crippen LogP contribution in [0.5, 0.6) is 0 Å². The van der Waals surface area contributed by atoms with Gasteiger partial charge in [0.05, 0.1) is 6.20 Å². The average molecular weight is 274 g/mol. The molecule has 0 spiro atoms. The van der Waals surface area contributed by atoms with Gasteiger partial charge in [-0.2, -0.15) is 0 Å². The summed E-state index contributed by atoms with van der Waals surface area (Å²) in [6.07, 6.45) is 9.12. The maximum Gasteiger partial charge on any atom is 0.180 e. The lowest BCUT2D eigenvalue weighted by molar-refractivity contribution is 0.260. The maximum absolute atomic E-state index is 5.48. The van der Waals surface area contributed by atoms with Crippen molar-refractivity contribution in [3.63, 3.8) is 0 Å². The lowest BCUT2D eigenvalue weighted by Gasteiger charge is -2.32. The maximum atomic E-state index is 5.48. The largest absolute Gasteiger partial charge is 0.364 e. The third-order valence-electron chi connectivity index (χ3n) is 4.46. The smallest absolute Gasteiger partial charge is 0.180 e. The third kappa shape index (κ3) is 2.43. The van der Waals surface area contributed by atoms with Crippen molar-refractivity contribution in [2.24, 2.45) is 17.7 Å². The molecule has 0 saturated heterocycles. The van der Waals surface area contributed by atoms with Crippen molar-refractivity contribution >= 4 is 17.3 Å². The van der Waals surface area contributed by atoms with E-state index in [0.29, 0.717) is 11.9 Å². The summed E-state index contributed by atoms with van der Waals surface area (Å²) in [7, 11) is 0. The van der Waals surface area contributed by atoms with Crippen LogP contribution in [0.25, 0.3) is 5.65 Å². The Hall–Kier alpha value is -1.82. The predicted octanol–water partition coefficient (Wildman–Crippen LogP) is 2.25. The zero-order valence-electron chi connectivity index (χ0n) is 12.0. The fraction of sp³-hybridized carbons (Fsp3) is 0.571. The van der Waals surface area contributed by atoms with Gasteiger partial charge in [0.15, 0.2) is 17.3 Å². The number of hydrogen-bond acceptors (Lipinski definition) is 5. The van der Waals surface area contributed by atoms with Gasteiger partial charge in [0.2, 0.25) is 0 Å². The highest BCUT2D eigenvalue weighted by molar-refractivity contribution is 5.65. The zero-order chi connectivity index (χ0) is 14.1. The van der Waals surface area contributed by atoms with E-state index in [0.717, 1.165) is 23.3 Å². The highest BCUT2D eigenvalue weighted by Gasteiger charge is 2.25. The molecule has 2 heterocycles. The highest BCUT2D eigenvalue weighted by atomic mass is 15.3. The molecule has 0 amide bonds. The van der Waals surface area contributed by atoms with E-state index >= 15 is 0 Å². The number of nitrogens with two attached hydrogens (primary N) is 1. The van der Waals surface area contributed by atoms with Crippen LogP contribution in [-0.4, -0.2) is 20.4 Å². The van der Waals surface area contributed by atoms with Crippen molar-refractivity contribution in [2.45, 2.75) is 39.2 Å². The van der Waals surface area contributed by atoms with Crippen LogP contribution in [0.3, 0.4) is 0 Å². The van der Waals surface area contributed by atoms with E-state index in [2.05, 4.69) is 34.6 Å². The van der Waals surface area contributed by atoms with Gasteiger partial charge in [-0.15, -0.1) is 0 Å². The Morgan fingerprint density at radius 1 is 1.30 bits per heavy atom. The molecule has 6 heteroatoms. The second kappa shape index (κ2) is 5.28. The van der Waals surface area contributed by atoms with Gasteiger partial charge in [-0.1, -0.05) is 13.8 Å². The molecule has 1 aliphatic rings. The van der Waals surface area contributed by atoms with E-state index in [4.69, 9.17) is 5.84 Å². The number of aromatic nitrogens is 3. The molecular formula is C14H22N6. The van der Waals surface area contributed by atoms with Crippen molar-refractivity contribution in [1.82, 2.24) is 14.4 Å². The summed E-state index contributed by atoms with van der Waals surface area (Å²) in [6, 6.07) is 0.460. The van der Waals surface area contributed by atoms with Crippen LogP contribution in [0.2, 0.25) is 0 Å². The van der Waals surface area contributed by atoms with E-state index in [9.17, 15) is 0 Å². The Morgan fingerprint density at radius 3 is 2.90 bits per heavy atom. The monoisotopic (exact) mass is 274 g/mol.